The van der Waals surface area contributed by atoms with Crippen LogP contribution >= 0.6 is 0 Å². The normalized spacial score (nSPS) is 10.5. The van der Waals surface area contributed by atoms with Crippen LogP contribution in [0.15, 0.2) is 28.7 Å². The summed E-state index contributed by atoms with van der Waals surface area (Å²) in [6.07, 6.45) is 1.11. The van der Waals surface area contributed by atoms with Crippen LogP contribution in [0, 0.1) is 5.82 Å². The Labute approximate surface area is 69.5 Å². The van der Waals surface area contributed by atoms with Gasteiger partial charge in [-0.05, 0) is 19.1 Å². The van der Waals surface area contributed by atoms with E-state index in [9.17, 15) is 4.39 Å². The molecule has 0 aliphatic heterocycles. The maximum absolute atomic E-state index is 12.3. The standard InChI is InChI=1S/C7H9FN4/c1-2-10-12-11-7-4-3-6(8)5-9-7/h3-5H,2H2,1H3,(H,9,10,11). The van der Waals surface area contributed by atoms with Crippen LogP contribution in [-0.2, 0) is 0 Å². The Kier molecular flexibility index (Phi) is 3.13. The van der Waals surface area contributed by atoms with Gasteiger partial charge in [-0.3, -0.25) is 0 Å². The summed E-state index contributed by atoms with van der Waals surface area (Å²) in [5, 5.41) is 7.25. The molecule has 64 valence electrons. The minimum atomic E-state index is -0.368. The van der Waals surface area contributed by atoms with Crippen molar-refractivity contribution in [2.45, 2.75) is 6.92 Å². The fourth-order valence-corrected chi connectivity index (χ4v) is 0.599. The zero-order chi connectivity index (χ0) is 8.81. The van der Waals surface area contributed by atoms with Crippen molar-refractivity contribution in [3.05, 3.63) is 24.1 Å². The molecule has 0 aliphatic carbocycles. The van der Waals surface area contributed by atoms with E-state index in [0.717, 1.165) is 6.20 Å². The van der Waals surface area contributed by atoms with Crippen LogP contribution in [0.1, 0.15) is 6.92 Å². The van der Waals surface area contributed by atoms with E-state index >= 15 is 0 Å². The molecule has 0 fully saturated rings. The van der Waals surface area contributed by atoms with E-state index in [-0.39, 0.29) is 5.82 Å². The summed E-state index contributed by atoms with van der Waals surface area (Å²) in [6, 6.07) is 2.79. The molecule has 1 heterocycles. The van der Waals surface area contributed by atoms with E-state index in [4.69, 9.17) is 0 Å². The van der Waals surface area contributed by atoms with Gasteiger partial charge in [0, 0.05) is 0 Å². The second-order valence-corrected chi connectivity index (χ2v) is 2.03. The van der Waals surface area contributed by atoms with Crippen molar-refractivity contribution >= 4 is 5.82 Å². The van der Waals surface area contributed by atoms with Gasteiger partial charge in [-0.2, -0.15) is 5.11 Å². The summed E-state index contributed by atoms with van der Waals surface area (Å²) in [5.74, 6) is 0.113. The Balaban J connectivity index is 2.53. The molecule has 0 unspecified atom stereocenters. The summed E-state index contributed by atoms with van der Waals surface area (Å²) in [5.41, 5.74) is 2.55. The molecule has 1 aromatic heterocycles. The number of hydrogen-bond donors (Lipinski definition) is 1. The smallest absolute Gasteiger partial charge is 0.147 e. The predicted octanol–water partition coefficient (Wildman–Crippen LogP) is 2.02. The molecule has 4 nitrogen and oxygen atoms in total. The third kappa shape index (κ3) is 2.61. The molecule has 0 aliphatic rings. The van der Waals surface area contributed by atoms with Crippen molar-refractivity contribution in [2.24, 2.45) is 10.3 Å². The Morgan fingerprint density at radius 3 is 3.00 bits per heavy atom. The topological polar surface area (TPSA) is 49.6 Å². The fraction of sp³-hybridized carbons (Fsp3) is 0.286. The van der Waals surface area contributed by atoms with Gasteiger partial charge in [-0.15, -0.1) is 0 Å². The average Bonchev–Trinajstić information content (AvgIpc) is 2.09. The van der Waals surface area contributed by atoms with E-state index in [1.807, 2.05) is 6.92 Å². The molecule has 0 amide bonds. The molecule has 0 saturated carbocycles. The second-order valence-electron chi connectivity index (χ2n) is 2.03. The van der Waals surface area contributed by atoms with Gasteiger partial charge in [0.2, 0.25) is 0 Å². The highest BCUT2D eigenvalue weighted by Crippen LogP contribution is 2.02. The Morgan fingerprint density at radius 2 is 2.42 bits per heavy atom. The van der Waals surface area contributed by atoms with Gasteiger partial charge in [-0.1, -0.05) is 5.22 Å². The highest BCUT2D eigenvalue weighted by Gasteiger charge is 1.91. The van der Waals surface area contributed by atoms with Crippen LogP contribution in [0.2, 0.25) is 0 Å². The number of anilines is 1. The van der Waals surface area contributed by atoms with Gasteiger partial charge >= 0.3 is 0 Å². The van der Waals surface area contributed by atoms with E-state index in [1.165, 1.54) is 12.1 Å². The van der Waals surface area contributed by atoms with Gasteiger partial charge in [0.1, 0.15) is 11.6 Å². The third-order valence-corrected chi connectivity index (χ3v) is 1.10. The number of nitrogens with zero attached hydrogens (tertiary/aromatic N) is 3. The lowest BCUT2D eigenvalue weighted by molar-refractivity contribution is 0.621. The highest BCUT2D eigenvalue weighted by atomic mass is 19.1. The van der Waals surface area contributed by atoms with Crippen molar-refractivity contribution < 1.29 is 4.39 Å². The minimum Gasteiger partial charge on any atom is -0.243 e. The molecule has 0 atom stereocenters. The number of pyridine rings is 1. The second kappa shape index (κ2) is 4.38. The molecule has 0 saturated heterocycles. The summed E-state index contributed by atoms with van der Waals surface area (Å²) >= 11 is 0. The van der Waals surface area contributed by atoms with Crippen LogP contribution in [-0.4, -0.2) is 11.5 Å². The van der Waals surface area contributed by atoms with E-state index in [0.29, 0.717) is 12.4 Å². The maximum atomic E-state index is 12.3. The number of halogens is 1. The monoisotopic (exact) mass is 168 g/mol. The number of aromatic nitrogens is 1. The minimum absolute atomic E-state index is 0.368. The lowest BCUT2D eigenvalue weighted by Crippen LogP contribution is -1.90. The summed E-state index contributed by atoms with van der Waals surface area (Å²) in [4.78, 5) is 3.71. The van der Waals surface area contributed by atoms with E-state index in [2.05, 4.69) is 20.7 Å². The van der Waals surface area contributed by atoms with Crippen LogP contribution in [0.4, 0.5) is 10.2 Å². The van der Waals surface area contributed by atoms with E-state index in [1.54, 1.807) is 0 Å². The fourth-order valence-electron chi connectivity index (χ4n) is 0.599. The lowest BCUT2D eigenvalue weighted by atomic mass is 10.4. The number of nitrogens with one attached hydrogen (secondary N) is 1. The van der Waals surface area contributed by atoms with Crippen LogP contribution in [0.5, 0.6) is 0 Å². The molecule has 0 aromatic carbocycles. The first-order chi connectivity index (χ1) is 5.83. The van der Waals surface area contributed by atoms with Crippen molar-refractivity contribution in [3.8, 4) is 0 Å². The highest BCUT2D eigenvalue weighted by molar-refractivity contribution is 5.31. The largest absolute Gasteiger partial charge is 0.243 e. The summed E-state index contributed by atoms with van der Waals surface area (Å²) in [6.45, 7) is 2.47. The van der Waals surface area contributed by atoms with Crippen molar-refractivity contribution in [1.29, 1.82) is 0 Å². The first-order valence-corrected chi connectivity index (χ1v) is 3.57. The van der Waals surface area contributed by atoms with Gasteiger partial charge in [0.25, 0.3) is 0 Å². The Morgan fingerprint density at radius 1 is 1.58 bits per heavy atom. The molecular weight excluding hydrogens is 159 g/mol. The molecule has 5 heteroatoms. The Hall–Kier alpha value is -1.52. The maximum Gasteiger partial charge on any atom is 0.147 e. The van der Waals surface area contributed by atoms with Crippen LogP contribution in [0.25, 0.3) is 0 Å². The van der Waals surface area contributed by atoms with Gasteiger partial charge in [0.15, 0.2) is 0 Å². The van der Waals surface area contributed by atoms with Crippen molar-refractivity contribution in [3.63, 3.8) is 0 Å². The molecular formula is C7H9FN4. The van der Waals surface area contributed by atoms with E-state index < -0.39 is 0 Å². The summed E-state index contributed by atoms with van der Waals surface area (Å²) < 4.78 is 12.3. The predicted molar refractivity (Wildman–Crippen MR) is 43.2 cm³/mol. The molecule has 0 spiro atoms. The summed E-state index contributed by atoms with van der Waals surface area (Å²) in [7, 11) is 0. The average molecular weight is 168 g/mol. The van der Waals surface area contributed by atoms with Gasteiger partial charge < -0.3 is 0 Å². The molecule has 0 radical (unpaired) electrons. The van der Waals surface area contributed by atoms with Gasteiger partial charge in [0.05, 0.1) is 12.7 Å². The first kappa shape index (κ1) is 8.58. The van der Waals surface area contributed by atoms with Crippen molar-refractivity contribution in [2.75, 3.05) is 12.0 Å². The van der Waals surface area contributed by atoms with Crippen molar-refractivity contribution in [1.82, 2.24) is 4.98 Å². The molecule has 0 bridgehead atoms. The van der Waals surface area contributed by atoms with Crippen LogP contribution in [0.3, 0.4) is 0 Å². The lowest BCUT2D eigenvalue weighted by Gasteiger charge is -1.95. The van der Waals surface area contributed by atoms with Gasteiger partial charge in [-0.25, -0.2) is 14.8 Å². The Bertz CT molecular complexity index is 257. The quantitative estimate of drug-likeness (QED) is 0.554. The molecule has 1 N–H and O–H groups in total. The SMILES string of the molecule is CCN=NNc1ccc(F)cn1. The number of hydrogen-bond acceptors (Lipinski definition) is 3. The zero-order valence-corrected chi connectivity index (χ0v) is 6.66. The molecule has 1 aromatic rings. The van der Waals surface area contributed by atoms with Crippen LogP contribution < -0.4 is 5.43 Å². The first-order valence-electron chi connectivity index (χ1n) is 3.57. The zero-order valence-electron chi connectivity index (χ0n) is 6.66. The third-order valence-electron chi connectivity index (χ3n) is 1.10. The molecule has 12 heavy (non-hydrogen) atoms. The molecule has 1 rings (SSSR count). The number of rotatable bonds is 3.